The van der Waals surface area contributed by atoms with Gasteiger partial charge in [-0.25, -0.2) is 21.9 Å². The monoisotopic (exact) mass is 456 g/mol. The number of carbonyl (C=O) groups excluding carboxylic acids is 1. The Morgan fingerprint density at radius 2 is 1.80 bits per heavy atom. The van der Waals surface area contributed by atoms with Gasteiger partial charge in [0.2, 0.25) is 10.0 Å². The molecule has 0 aromatic heterocycles. The van der Waals surface area contributed by atoms with Crippen LogP contribution in [-0.2, 0) is 10.0 Å². The average molecular weight is 457 g/mol. The highest BCUT2D eigenvalue weighted by atomic mass is 35.5. The van der Waals surface area contributed by atoms with Gasteiger partial charge in [0.1, 0.15) is 11.6 Å². The molecule has 1 aliphatic rings. The Labute approximate surface area is 179 Å². The molecule has 30 heavy (non-hydrogen) atoms. The Balaban J connectivity index is 1.84. The van der Waals surface area contributed by atoms with E-state index in [-0.39, 0.29) is 27.6 Å². The number of carbonyl (C=O) groups is 1. The number of amides is 1. The van der Waals surface area contributed by atoms with Crippen molar-refractivity contribution in [2.75, 3.05) is 5.32 Å². The highest BCUT2D eigenvalue weighted by Crippen LogP contribution is 2.30. The highest BCUT2D eigenvalue weighted by molar-refractivity contribution is 7.89. The minimum absolute atomic E-state index is 0.141. The molecular weight excluding hydrogens is 434 g/mol. The van der Waals surface area contributed by atoms with Crippen LogP contribution in [0.4, 0.5) is 14.5 Å². The number of sulfonamides is 1. The molecule has 2 aromatic rings. The number of anilines is 1. The molecule has 0 radical (unpaired) electrons. The van der Waals surface area contributed by atoms with E-state index in [1.54, 1.807) is 0 Å². The van der Waals surface area contributed by atoms with Crippen LogP contribution in [0, 0.1) is 23.5 Å². The predicted molar refractivity (Wildman–Crippen MR) is 112 cm³/mol. The van der Waals surface area contributed by atoms with Crippen molar-refractivity contribution in [1.82, 2.24) is 4.72 Å². The summed E-state index contributed by atoms with van der Waals surface area (Å²) in [6, 6.07) is 6.35. The lowest BCUT2D eigenvalue weighted by atomic mass is 9.78. The van der Waals surface area contributed by atoms with Gasteiger partial charge in [-0.05, 0) is 54.7 Å². The number of nitrogens with one attached hydrogen (secondary N) is 2. The fourth-order valence-electron chi connectivity index (χ4n) is 3.64. The lowest BCUT2D eigenvalue weighted by Gasteiger charge is -2.34. The lowest BCUT2D eigenvalue weighted by Crippen LogP contribution is -2.43. The molecule has 3 rings (SSSR count). The molecule has 1 aliphatic carbocycles. The zero-order chi connectivity index (χ0) is 22.1. The van der Waals surface area contributed by atoms with Crippen molar-refractivity contribution >= 4 is 33.2 Å². The number of hydrogen-bond acceptors (Lipinski definition) is 3. The largest absolute Gasteiger partial charge is 0.319 e. The van der Waals surface area contributed by atoms with Crippen LogP contribution in [0.2, 0.25) is 5.02 Å². The van der Waals surface area contributed by atoms with Gasteiger partial charge < -0.3 is 5.32 Å². The summed E-state index contributed by atoms with van der Waals surface area (Å²) in [5.74, 6) is -2.13. The molecule has 0 saturated heterocycles. The van der Waals surface area contributed by atoms with E-state index in [9.17, 15) is 22.0 Å². The van der Waals surface area contributed by atoms with Crippen LogP contribution in [0.25, 0.3) is 0 Å². The number of hydrogen-bond donors (Lipinski definition) is 2. The average Bonchev–Trinajstić information content (AvgIpc) is 2.67. The molecule has 0 aliphatic heterocycles. The van der Waals surface area contributed by atoms with Gasteiger partial charge in [-0.2, -0.15) is 0 Å². The number of halogens is 3. The Kier molecular flexibility index (Phi) is 6.79. The summed E-state index contributed by atoms with van der Waals surface area (Å²) in [6.45, 7) is 4.09. The van der Waals surface area contributed by atoms with E-state index in [4.69, 9.17) is 11.6 Å². The van der Waals surface area contributed by atoms with Gasteiger partial charge in [0.05, 0.1) is 16.1 Å². The van der Waals surface area contributed by atoms with Crippen molar-refractivity contribution < 1.29 is 22.0 Å². The van der Waals surface area contributed by atoms with Crippen LogP contribution >= 0.6 is 11.6 Å². The third-order valence-electron chi connectivity index (χ3n) is 5.69. The van der Waals surface area contributed by atoms with Crippen molar-refractivity contribution in [2.45, 2.75) is 44.0 Å². The van der Waals surface area contributed by atoms with Gasteiger partial charge in [-0.15, -0.1) is 0 Å². The molecule has 1 fully saturated rings. The second-order valence-corrected chi connectivity index (χ2v) is 9.87. The quantitative estimate of drug-likeness (QED) is 0.666. The summed E-state index contributed by atoms with van der Waals surface area (Å²) in [5.41, 5.74) is -0.697. The fourth-order valence-corrected chi connectivity index (χ4v) is 5.19. The first-order valence-electron chi connectivity index (χ1n) is 9.67. The zero-order valence-electron chi connectivity index (χ0n) is 16.6. The van der Waals surface area contributed by atoms with Crippen LogP contribution in [0.1, 0.15) is 43.5 Å². The molecule has 2 N–H and O–H groups in total. The Bertz CT molecular complexity index is 1060. The number of benzene rings is 2. The molecule has 0 unspecified atom stereocenters. The first-order valence-corrected chi connectivity index (χ1v) is 11.5. The normalized spacial score (nSPS) is 22.0. The summed E-state index contributed by atoms with van der Waals surface area (Å²) in [7, 11) is -3.96. The third-order valence-corrected chi connectivity index (χ3v) is 7.41. The van der Waals surface area contributed by atoms with Gasteiger partial charge in [-0.1, -0.05) is 38.3 Å². The van der Waals surface area contributed by atoms with Crippen molar-refractivity contribution in [1.29, 1.82) is 0 Å². The first kappa shape index (κ1) is 22.7. The molecule has 162 valence electrons. The van der Waals surface area contributed by atoms with Crippen LogP contribution < -0.4 is 10.0 Å². The molecular formula is C21H23ClF2N2O3S. The Morgan fingerprint density at radius 1 is 1.07 bits per heavy atom. The topological polar surface area (TPSA) is 75.3 Å². The maximum absolute atomic E-state index is 14.3. The molecule has 9 heteroatoms. The SMILES string of the molecule is C[C@H]1[C@H](C)CCC[C@H]1NS(=O)(=O)c1ccc(F)c(C(=O)Nc2ccc(Cl)cc2F)c1. The first-order chi connectivity index (χ1) is 14.1. The van der Waals surface area contributed by atoms with Gasteiger partial charge in [-0.3, -0.25) is 4.79 Å². The summed E-state index contributed by atoms with van der Waals surface area (Å²) < 4.78 is 56.6. The molecule has 0 heterocycles. The molecule has 3 atom stereocenters. The molecule has 0 bridgehead atoms. The number of rotatable bonds is 5. The minimum atomic E-state index is -3.96. The third kappa shape index (κ3) is 4.99. The highest BCUT2D eigenvalue weighted by Gasteiger charge is 2.31. The minimum Gasteiger partial charge on any atom is -0.319 e. The molecule has 1 saturated carbocycles. The maximum Gasteiger partial charge on any atom is 0.258 e. The standard InChI is InChI=1S/C21H23ClF2N2O3S/c1-12-4-3-5-19(13(12)2)26-30(28,29)15-7-8-17(23)16(11-15)21(27)25-20-9-6-14(22)10-18(20)24/h6-13,19,26H,3-5H2,1-2H3,(H,25,27)/t12-,13+,19-/m1/s1. The Hall–Kier alpha value is -2.03. The zero-order valence-corrected chi connectivity index (χ0v) is 18.2. The van der Waals surface area contributed by atoms with Gasteiger partial charge in [0.15, 0.2) is 0 Å². The van der Waals surface area contributed by atoms with Crippen molar-refractivity contribution in [3.8, 4) is 0 Å². The summed E-state index contributed by atoms with van der Waals surface area (Å²) in [6.07, 6.45) is 2.68. The van der Waals surface area contributed by atoms with Crippen LogP contribution in [0.15, 0.2) is 41.3 Å². The van der Waals surface area contributed by atoms with Gasteiger partial charge in [0.25, 0.3) is 5.91 Å². The summed E-state index contributed by atoms with van der Waals surface area (Å²) in [4.78, 5) is 12.2. The van der Waals surface area contributed by atoms with E-state index in [0.29, 0.717) is 5.92 Å². The van der Waals surface area contributed by atoms with Gasteiger partial charge in [0, 0.05) is 11.1 Å². The molecule has 5 nitrogen and oxygen atoms in total. The van der Waals surface area contributed by atoms with E-state index < -0.39 is 33.1 Å². The maximum atomic E-state index is 14.3. The fraction of sp³-hybridized carbons (Fsp3) is 0.381. The van der Waals surface area contributed by atoms with Crippen LogP contribution in [-0.4, -0.2) is 20.4 Å². The summed E-state index contributed by atoms with van der Waals surface area (Å²) >= 11 is 5.68. The smallest absolute Gasteiger partial charge is 0.258 e. The van der Waals surface area contributed by atoms with E-state index in [2.05, 4.69) is 17.0 Å². The lowest BCUT2D eigenvalue weighted by molar-refractivity contribution is 0.102. The van der Waals surface area contributed by atoms with E-state index in [1.165, 1.54) is 12.1 Å². The predicted octanol–water partition coefficient (Wildman–Crippen LogP) is 4.97. The van der Waals surface area contributed by atoms with E-state index in [0.717, 1.165) is 43.5 Å². The van der Waals surface area contributed by atoms with Crippen LogP contribution in [0.3, 0.4) is 0 Å². The van der Waals surface area contributed by atoms with Crippen LogP contribution in [0.5, 0.6) is 0 Å². The second kappa shape index (κ2) is 8.99. The molecule has 2 aromatic carbocycles. The van der Waals surface area contributed by atoms with Gasteiger partial charge >= 0.3 is 0 Å². The summed E-state index contributed by atoms with van der Waals surface area (Å²) in [5, 5.41) is 2.38. The molecule has 0 spiro atoms. The van der Waals surface area contributed by atoms with E-state index in [1.807, 2.05) is 6.92 Å². The Morgan fingerprint density at radius 3 is 2.50 bits per heavy atom. The van der Waals surface area contributed by atoms with Crippen molar-refractivity contribution in [3.63, 3.8) is 0 Å². The van der Waals surface area contributed by atoms with Crippen molar-refractivity contribution in [2.24, 2.45) is 11.8 Å². The van der Waals surface area contributed by atoms with E-state index >= 15 is 0 Å². The van der Waals surface area contributed by atoms with Crippen molar-refractivity contribution in [3.05, 3.63) is 58.6 Å². The second-order valence-electron chi connectivity index (χ2n) is 7.72. The molecule has 1 amide bonds.